The van der Waals surface area contributed by atoms with Crippen molar-refractivity contribution in [2.75, 3.05) is 6.61 Å². The number of nitrogens with two attached hydrogens (primary N) is 1. The Morgan fingerprint density at radius 2 is 1.63 bits per heavy atom. The van der Waals surface area contributed by atoms with Gasteiger partial charge >= 0.3 is 11.9 Å². The van der Waals surface area contributed by atoms with Crippen LogP contribution in [0, 0.1) is 5.92 Å². The molecular formula is C24H22N2O4. The fourth-order valence-electron chi connectivity index (χ4n) is 4.06. The first-order valence-corrected chi connectivity index (χ1v) is 9.78. The van der Waals surface area contributed by atoms with E-state index in [0.717, 1.165) is 27.8 Å². The third-order valence-electron chi connectivity index (χ3n) is 5.50. The first-order chi connectivity index (χ1) is 14.6. The van der Waals surface area contributed by atoms with Gasteiger partial charge in [-0.2, -0.15) is 0 Å². The van der Waals surface area contributed by atoms with Crippen LogP contribution < -0.4 is 5.73 Å². The summed E-state index contributed by atoms with van der Waals surface area (Å²) in [6.07, 6.45) is 3.45. The van der Waals surface area contributed by atoms with Gasteiger partial charge in [0.25, 0.3) is 0 Å². The van der Waals surface area contributed by atoms with Crippen LogP contribution in [0.15, 0.2) is 73.1 Å². The van der Waals surface area contributed by atoms with Gasteiger partial charge in [-0.15, -0.1) is 0 Å². The second kappa shape index (κ2) is 8.47. The maximum atomic E-state index is 12.7. The molecule has 4 rings (SSSR count). The molecule has 0 amide bonds. The number of carboxylic acids is 1. The Morgan fingerprint density at radius 3 is 2.20 bits per heavy atom. The first-order valence-electron chi connectivity index (χ1n) is 9.78. The van der Waals surface area contributed by atoms with Crippen molar-refractivity contribution in [2.24, 2.45) is 11.7 Å². The first kappa shape index (κ1) is 19.8. The van der Waals surface area contributed by atoms with Gasteiger partial charge in [-0.05, 0) is 40.3 Å². The third kappa shape index (κ3) is 3.82. The Morgan fingerprint density at radius 1 is 1.00 bits per heavy atom. The van der Waals surface area contributed by atoms with Crippen LogP contribution in [0.3, 0.4) is 0 Å². The Balaban J connectivity index is 1.50. The summed E-state index contributed by atoms with van der Waals surface area (Å²) in [5, 5.41) is 9.60. The van der Waals surface area contributed by atoms with E-state index >= 15 is 0 Å². The number of fused-ring (bicyclic) bond motifs is 3. The zero-order chi connectivity index (χ0) is 21.1. The number of aliphatic carboxylic acids is 1. The predicted molar refractivity (Wildman–Crippen MR) is 112 cm³/mol. The van der Waals surface area contributed by atoms with E-state index in [1.54, 1.807) is 24.5 Å². The maximum absolute atomic E-state index is 12.7. The molecule has 6 nitrogen and oxygen atoms in total. The van der Waals surface area contributed by atoms with Crippen LogP contribution in [0.25, 0.3) is 11.1 Å². The van der Waals surface area contributed by atoms with E-state index in [1.807, 2.05) is 48.5 Å². The number of hydrogen-bond donors (Lipinski definition) is 2. The summed E-state index contributed by atoms with van der Waals surface area (Å²) >= 11 is 0. The zero-order valence-corrected chi connectivity index (χ0v) is 16.3. The molecule has 1 aromatic heterocycles. The highest BCUT2D eigenvalue weighted by Gasteiger charge is 2.36. The summed E-state index contributed by atoms with van der Waals surface area (Å²) in [5.74, 6) is -3.69. The second-order valence-electron chi connectivity index (χ2n) is 7.40. The maximum Gasteiger partial charge on any atom is 0.321 e. The average Bonchev–Trinajstić information content (AvgIpc) is 3.06. The molecule has 1 aliphatic carbocycles. The Labute approximate surface area is 174 Å². The topological polar surface area (TPSA) is 103 Å². The summed E-state index contributed by atoms with van der Waals surface area (Å²) in [7, 11) is 0. The van der Waals surface area contributed by atoms with Crippen LogP contribution in [0.5, 0.6) is 0 Å². The molecule has 2 atom stereocenters. The van der Waals surface area contributed by atoms with Gasteiger partial charge in [-0.1, -0.05) is 54.6 Å². The lowest BCUT2D eigenvalue weighted by Gasteiger charge is -2.21. The largest absolute Gasteiger partial charge is 0.481 e. The van der Waals surface area contributed by atoms with Crippen molar-refractivity contribution in [3.63, 3.8) is 0 Å². The molecule has 3 N–H and O–H groups in total. The molecule has 0 unspecified atom stereocenters. The van der Waals surface area contributed by atoms with Gasteiger partial charge in [0, 0.05) is 24.4 Å². The van der Waals surface area contributed by atoms with Crippen LogP contribution in [0.2, 0.25) is 0 Å². The summed E-state index contributed by atoms with van der Waals surface area (Å²) in [4.78, 5) is 28.5. The molecule has 6 heteroatoms. The Kier molecular flexibility index (Phi) is 5.59. The number of rotatable bonds is 7. The van der Waals surface area contributed by atoms with Gasteiger partial charge in [-0.25, -0.2) is 0 Å². The van der Waals surface area contributed by atoms with E-state index in [2.05, 4.69) is 4.98 Å². The second-order valence-corrected chi connectivity index (χ2v) is 7.40. The fourth-order valence-corrected chi connectivity index (χ4v) is 4.06. The lowest BCUT2D eigenvalue weighted by molar-refractivity contribution is -0.159. The minimum atomic E-state index is -1.45. The van der Waals surface area contributed by atoms with Crippen LogP contribution >= 0.6 is 0 Å². The minimum Gasteiger partial charge on any atom is -0.481 e. The van der Waals surface area contributed by atoms with E-state index < -0.39 is 23.9 Å². The molecule has 0 radical (unpaired) electrons. The Hall–Kier alpha value is -3.51. The SMILES string of the molecule is N[C@@H](Cc1cccnc1)[C@H](C(=O)O)C(=O)OCC1c2ccccc2-c2ccccc21. The molecule has 0 aliphatic heterocycles. The van der Waals surface area contributed by atoms with Gasteiger partial charge in [0.15, 0.2) is 5.92 Å². The van der Waals surface area contributed by atoms with E-state index in [-0.39, 0.29) is 18.9 Å². The van der Waals surface area contributed by atoms with Crippen molar-refractivity contribution in [3.8, 4) is 11.1 Å². The van der Waals surface area contributed by atoms with Gasteiger partial charge in [0.05, 0.1) is 0 Å². The van der Waals surface area contributed by atoms with E-state index in [1.165, 1.54) is 0 Å². The number of hydrogen-bond acceptors (Lipinski definition) is 5. The molecule has 0 fully saturated rings. The molecule has 0 spiro atoms. The number of carboxylic acid groups (broad SMARTS) is 1. The molecular weight excluding hydrogens is 380 g/mol. The molecule has 152 valence electrons. The number of aromatic nitrogens is 1. The molecule has 30 heavy (non-hydrogen) atoms. The van der Waals surface area contributed by atoms with Crippen LogP contribution in [-0.2, 0) is 20.7 Å². The fraction of sp³-hybridized carbons (Fsp3) is 0.208. The molecule has 1 aliphatic rings. The summed E-state index contributed by atoms with van der Waals surface area (Å²) < 4.78 is 5.51. The van der Waals surface area contributed by atoms with Crippen molar-refractivity contribution >= 4 is 11.9 Å². The van der Waals surface area contributed by atoms with Gasteiger partial charge < -0.3 is 15.6 Å². The van der Waals surface area contributed by atoms with Crippen molar-refractivity contribution in [1.29, 1.82) is 0 Å². The quantitative estimate of drug-likeness (QED) is 0.465. The lowest BCUT2D eigenvalue weighted by atomic mass is 9.94. The number of nitrogens with zero attached hydrogens (tertiary/aromatic N) is 1. The van der Waals surface area contributed by atoms with Crippen molar-refractivity contribution in [1.82, 2.24) is 4.98 Å². The number of pyridine rings is 1. The highest BCUT2D eigenvalue weighted by Crippen LogP contribution is 2.44. The molecule has 0 saturated carbocycles. The predicted octanol–water partition coefficient (Wildman–Crippen LogP) is 3.01. The van der Waals surface area contributed by atoms with Crippen LogP contribution in [-0.4, -0.2) is 34.7 Å². The number of carbonyl (C=O) groups excluding carboxylic acids is 1. The number of esters is 1. The smallest absolute Gasteiger partial charge is 0.321 e. The zero-order valence-electron chi connectivity index (χ0n) is 16.3. The molecule has 0 saturated heterocycles. The number of carbonyl (C=O) groups is 2. The molecule has 1 heterocycles. The van der Waals surface area contributed by atoms with Crippen molar-refractivity contribution < 1.29 is 19.4 Å². The van der Waals surface area contributed by atoms with Gasteiger partial charge in [0.2, 0.25) is 0 Å². The van der Waals surface area contributed by atoms with Crippen LogP contribution in [0.4, 0.5) is 0 Å². The molecule has 3 aromatic rings. The van der Waals surface area contributed by atoms with Crippen molar-refractivity contribution in [3.05, 3.63) is 89.7 Å². The standard InChI is InChI=1S/C24H22N2O4/c25-21(12-15-6-5-11-26-13-15)22(23(27)28)24(29)30-14-20-18-9-3-1-7-16(18)17-8-2-4-10-19(17)20/h1-11,13,20-22H,12,14,25H2,(H,27,28)/t21-,22+/m0/s1. The number of benzene rings is 2. The highest BCUT2D eigenvalue weighted by atomic mass is 16.5. The summed E-state index contributed by atoms with van der Waals surface area (Å²) in [6, 6.07) is 18.6. The van der Waals surface area contributed by atoms with E-state index in [4.69, 9.17) is 10.5 Å². The molecule has 0 bridgehead atoms. The van der Waals surface area contributed by atoms with Crippen molar-refractivity contribution in [2.45, 2.75) is 18.4 Å². The third-order valence-corrected chi connectivity index (χ3v) is 5.50. The average molecular weight is 402 g/mol. The van der Waals surface area contributed by atoms with E-state index in [9.17, 15) is 14.7 Å². The monoisotopic (exact) mass is 402 g/mol. The lowest BCUT2D eigenvalue weighted by Crippen LogP contribution is -2.43. The van der Waals surface area contributed by atoms with Crippen LogP contribution in [0.1, 0.15) is 22.6 Å². The summed E-state index contributed by atoms with van der Waals surface area (Å²) in [6.45, 7) is 0.0657. The number of ether oxygens (including phenoxy) is 1. The minimum absolute atomic E-state index is 0.0657. The normalized spacial score (nSPS) is 14.4. The summed E-state index contributed by atoms with van der Waals surface area (Å²) in [5.41, 5.74) is 11.2. The van der Waals surface area contributed by atoms with E-state index in [0.29, 0.717) is 0 Å². The Bertz CT molecular complexity index is 1020. The molecule has 2 aromatic carbocycles. The van der Waals surface area contributed by atoms with Gasteiger partial charge in [-0.3, -0.25) is 14.6 Å². The van der Waals surface area contributed by atoms with Gasteiger partial charge in [0.1, 0.15) is 6.61 Å². The highest BCUT2D eigenvalue weighted by molar-refractivity contribution is 5.95.